The first-order valence-corrected chi connectivity index (χ1v) is 13.0. The SMILES string of the molecule is Cc1sc2ncnc(Nc3cc(S(=O)(=O)N4CCOCC4)ccc3Cl)c2c1-c1ccccc1. The van der Waals surface area contributed by atoms with Gasteiger partial charge in [-0.3, -0.25) is 0 Å². The molecule has 0 radical (unpaired) electrons. The topological polar surface area (TPSA) is 84.4 Å². The van der Waals surface area contributed by atoms with E-state index in [4.69, 9.17) is 16.3 Å². The third-order valence-electron chi connectivity index (χ3n) is 5.53. The fraction of sp³-hybridized carbons (Fsp3) is 0.217. The molecule has 0 bridgehead atoms. The summed E-state index contributed by atoms with van der Waals surface area (Å²) in [6.07, 6.45) is 1.50. The number of nitrogens with zero attached hydrogens (tertiary/aromatic N) is 3. The quantitative estimate of drug-likeness (QED) is 0.411. The Bertz CT molecular complexity index is 1420. The number of rotatable bonds is 5. The zero-order valence-corrected chi connectivity index (χ0v) is 20.2. The predicted octanol–water partition coefficient (Wildman–Crippen LogP) is 5.08. The molecule has 0 aliphatic carbocycles. The average molecular weight is 501 g/mol. The molecule has 2 aromatic carbocycles. The van der Waals surface area contributed by atoms with Crippen molar-refractivity contribution in [3.63, 3.8) is 0 Å². The summed E-state index contributed by atoms with van der Waals surface area (Å²) in [7, 11) is -3.66. The highest BCUT2D eigenvalue weighted by Gasteiger charge is 2.27. The van der Waals surface area contributed by atoms with Crippen molar-refractivity contribution < 1.29 is 13.2 Å². The van der Waals surface area contributed by atoms with Crippen LogP contribution in [0.3, 0.4) is 0 Å². The Labute approximate surface area is 201 Å². The van der Waals surface area contributed by atoms with Crippen molar-refractivity contribution in [2.75, 3.05) is 31.6 Å². The zero-order chi connectivity index (χ0) is 23.0. The molecular formula is C23H21ClN4O3S2. The summed E-state index contributed by atoms with van der Waals surface area (Å²) >= 11 is 8.05. The van der Waals surface area contributed by atoms with Crippen LogP contribution in [-0.4, -0.2) is 49.0 Å². The molecule has 170 valence electrons. The molecule has 1 saturated heterocycles. The van der Waals surface area contributed by atoms with Crippen LogP contribution in [0.15, 0.2) is 59.8 Å². The molecule has 5 rings (SSSR count). The van der Waals surface area contributed by atoms with Gasteiger partial charge in [-0.25, -0.2) is 18.4 Å². The summed E-state index contributed by atoms with van der Waals surface area (Å²) in [4.78, 5) is 11.1. The van der Waals surface area contributed by atoms with Crippen molar-refractivity contribution in [3.05, 3.63) is 64.8 Å². The number of thiophene rings is 1. The number of aryl methyl sites for hydroxylation is 1. The third kappa shape index (κ3) is 4.22. The van der Waals surface area contributed by atoms with Gasteiger partial charge in [-0.2, -0.15) is 4.31 Å². The van der Waals surface area contributed by atoms with Crippen LogP contribution in [-0.2, 0) is 14.8 Å². The molecule has 4 aromatic rings. The first-order chi connectivity index (χ1) is 15.9. The van der Waals surface area contributed by atoms with Gasteiger partial charge in [-0.15, -0.1) is 11.3 Å². The summed E-state index contributed by atoms with van der Waals surface area (Å²) in [6.45, 7) is 3.48. The van der Waals surface area contributed by atoms with Crippen LogP contribution in [0.2, 0.25) is 5.02 Å². The molecule has 10 heteroatoms. The Hall–Kier alpha value is -2.56. The molecule has 1 aliphatic rings. The fourth-order valence-electron chi connectivity index (χ4n) is 3.92. The van der Waals surface area contributed by atoms with Gasteiger partial charge in [0.1, 0.15) is 17.0 Å². The monoisotopic (exact) mass is 500 g/mol. The second-order valence-corrected chi connectivity index (χ2v) is 11.1. The molecule has 0 unspecified atom stereocenters. The molecule has 0 amide bonds. The highest BCUT2D eigenvalue weighted by Crippen LogP contribution is 2.41. The average Bonchev–Trinajstić information content (AvgIpc) is 3.18. The standard InChI is InChI=1S/C23H21ClN4O3S2/c1-15-20(16-5-3-2-4-6-16)21-22(25-14-26-23(21)32-15)27-19-13-17(7-8-18(19)24)33(29,30)28-9-11-31-12-10-28/h2-8,13-14H,9-12H2,1H3,(H,25,26,27). The minimum Gasteiger partial charge on any atom is -0.379 e. The lowest BCUT2D eigenvalue weighted by molar-refractivity contribution is 0.0730. The zero-order valence-electron chi connectivity index (χ0n) is 17.8. The number of sulfonamides is 1. The van der Waals surface area contributed by atoms with Gasteiger partial charge < -0.3 is 10.1 Å². The molecule has 3 heterocycles. The molecule has 33 heavy (non-hydrogen) atoms. The van der Waals surface area contributed by atoms with E-state index in [0.717, 1.165) is 26.2 Å². The minimum atomic E-state index is -3.66. The van der Waals surface area contributed by atoms with E-state index in [1.807, 2.05) is 30.3 Å². The number of ether oxygens (including phenoxy) is 1. The van der Waals surface area contributed by atoms with Crippen LogP contribution in [0.5, 0.6) is 0 Å². The maximum atomic E-state index is 13.1. The molecular weight excluding hydrogens is 480 g/mol. The van der Waals surface area contributed by atoms with E-state index in [0.29, 0.717) is 42.8 Å². The van der Waals surface area contributed by atoms with E-state index in [-0.39, 0.29) is 4.90 Å². The van der Waals surface area contributed by atoms with Crippen LogP contribution in [0.25, 0.3) is 21.3 Å². The van der Waals surface area contributed by atoms with Gasteiger partial charge in [0.15, 0.2) is 0 Å². The van der Waals surface area contributed by atoms with Crippen LogP contribution in [0.4, 0.5) is 11.5 Å². The first kappa shape index (κ1) is 22.2. The highest BCUT2D eigenvalue weighted by atomic mass is 35.5. The number of morpholine rings is 1. The summed E-state index contributed by atoms with van der Waals surface area (Å²) in [6, 6.07) is 14.7. The highest BCUT2D eigenvalue weighted by molar-refractivity contribution is 7.89. The molecule has 1 fully saturated rings. The largest absolute Gasteiger partial charge is 0.379 e. The molecule has 2 aromatic heterocycles. The smallest absolute Gasteiger partial charge is 0.243 e. The second-order valence-electron chi connectivity index (χ2n) is 7.58. The van der Waals surface area contributed by atoms with Crippen molar-refractivity contribution in [1.29, 1.82) is 0 Å². The van der Waals surface area contributed by atoms with Crippen LogP contribution in [0, 0.1) is 6.92 Å². The minimum absolute atomic E-state index is 0.173. The van der Waals surface area contributed by atoms with E-state index >= 15 is 0 Å². The number of nitrogens with one attached hydrogen (secondary N) is 1. The maximum absolute atomic E-state index is 13.1. The van der Waals surface area contributed by atoms with Crippen molar-refractivity contribution in [1.82, 2.24) is 14.3 Å². The normalized spacial score (nSPS) is 15.1. The summed E-state index contributed by atoms with van der Waals surface area (Å²) < 4.78 is 33.0. The van der Waals surface area contributed by atoms with Crippen LogP contribution >= 0.6 is 22.9 Å². The number of hydrogen-bond donors (Lipinski definition) is 1. The Balaban J connectivity index is 1.58. The molecule has 7 nitrogen and oxygen atoms in total. The van der Waals surface area contributed by atoms with Crippen molar-refractivity contribution in [3.8, 4) is 11.1 Å². The number of benzene rings is 2. The Morgan fingerprint density at radius 2 is 1.85 bits per heavy atom. The van der Waals surface area contributed by atoms with Gasteiger partial charge in [0.05, 0.1) is 34.2 Å². The van der Waals surface area contributed by atoms with E-state index in [2.05, 4.69) is 22.2 Å². The van der Waals surface area contributed by atoms with Gasteiger partial charge >= 0.3 is 0 Å². The van der Waals surface area contributed by atoms with Crippen molar-refractivity contribution in [2.24, 2.45) is 0 Å². The Morgan fingerprint density at radius 1 is 1.09 bits per heavy atom. The number of fused-ring (bicyclic) bond motifs is 1. The third-order valence-corrected chi connectivity index (χ3v) is 8.76. The van der Waals surface area contributed by atoms with E-state index < -0.39 is 10.0 Å². The lowest BCUT2D eigenvalue weighted by Crippen LogP contribution is -2.40. The predicted molar refractivity (Wildman–Crippen MR) is 132 cm³/mol. The first-order valence-electron chi connectivity index (χ1n) is 10.4. The number of aromatic nitrogens is 2. The fourth-order valence-corrected chi connectivity index (χ4v) is 6.53. The summed E-state index contributed by atoms with van der Waals surface area (Å²) in [5, 5.41) is 4.55. The maximum Gasteiger partial charge on any atom is 0.243 e. The lowest BCUT2D eigenvalue weighted by atomic mass is 10.0. The summed E-state index contributed by atoms with van der Waals surface area (Å²) in [5.74, 6) is 0.575. The van der Waals surface area contributed by atoms with Gasteiger partial charge in [0.25, 0.3) is 0 Å². The van der Waals surface area contributed by atoms with Gasteiger partial charge in [0.2, 0.25) is 10.0 Å². The van der Waals surface area contributed by atoms with Gasteiger partial charge in [-0.05, 0) is 30.7 Å². The van der Waals surface area contributed by atoms with Gasteiger partial charge in [0, 0.05) is 23.5 Å². The molecule has 1 aliphatic heterocycles. The van der Waals surface area contributed by atoms with Crippen LogP contribution < -0.4 is 5.32 Å². The Morgan fingerprint density at radius 3 is 2.61 bits per heavy atom. The van der Waals surface area contributed by atoms with E-state index in [9.17, 15) is 8.42 Å². The van der Waals surface area contributed by atoms with Crippen LogP contribution in [0.1, 0.15) is 4.88 Å². The number of hydrogen-bond acceptors (Lipinski definition) is 7. The Kier molecular flexibility index (Phi) is 6.07. The molecule has 0 saturated carbocycles. The van der Waals surface area contributed by atoms with E-state index in [1.54, 1.807) is 23.5 Å². The van der Waals surface area contributed by atoms with Crippen molar-refractivity contribution >= 4 is 54.7 Å². The number of anilines is 2. The molecule has 0 atom stereocenters. The number of halogens is 1. The lowest BCUT2D eigenvalue weighted by Gasteiger charge is -2.26. The molecule has 1 N–H and O–H groups in total. The van der Waals surface area contributed by atoms with Crippen molar-refractivity contribution in [2.45, 2.75) is 11.8 Å². The van der Waals surface area contributed by atoms with E-state index in [1.165, 1.54) is 16.7 Å². The second kappa shape index (κ2) is 9.00. The molecule has 0 spiro atoms. The summed E-state index contributed by atoms with van der Waals surface area (Å²) in [5.41, 5.74) is 2.58. The van der Waals surface area contributed by atoms with Gasteiger partial charge in [-0.1, -0.05) is 41.9 Å².